The van der Waals surface area contributed by atoms with E-state index in [4.69, 9.17) is 4.74 Å². The summed E-state index contributed by atoms with van der Waals surface area (Å²) in [5, 5.41) is 9.39. The average molecular weight is 419 g/mol. The van der Waals surface area contributed by atoms with Gasteiger partial charge in [0.05, 0.1) is 6.61 Å². The summed E-state index contributed by atoms with van der Waals surface area (Å²) in [4.78, 5) is 11.5. The van der Waals surface area contributed by atoms with Crippen molar-refractivity contribution in [2.75, 3.05) is 13.2 Å². The maximum Gasteiger partial charge on any atom is 0.333 e. The lowest BCUT2D eigenvalue weighted by Gasteiger charge is -2.13. The summed E-state index contributed by atoms with van der Waals surface area (Å²) in [6.45, 7) is 5.61. The summed E-state index contributed by atoms with van der Waals surface area (Å²) in [6, 6.07) is 20.7. The van der Waals surface area contributed by atoms with Crippen molar-refractivity contribution in [3.05, 3.63) is 95.8 Å². The number of aryl methyl sites for hydroxylation is 1. The first kappa shape index (κ1) is 22.4. The van der Waals surface area contributed by atoms with Gasteiger partial charge in [0.1, 0.15) is 5.82 Å². The van der Waals surface area contributed by atoms with E-state index < -0.39 is 0 Å². The predicted octanol–water partition coefficient (Wildman–Crippen LogP) is 5.75. The standard InChI is InChI=1S/C27H27FO3/c1-19(2)27(30)31-17-5-6-23-18-24(14-11-21(23)15-16-29)20-9-12-22(13-10-20)25-7-3-4-8-26(25)28/h3-4,7-14,18,29H,1,5-6,15-17H2,2H3. The number of aliphatic hydroxyl groups excluding tert-OH is 1. The Labute approximate surface area is 182 Å². The van der Waals surface area contributed by atoms with Crippen LogP contribution in [0.15, 0.2) is 78.9 Å². The first-order chi connectivity index (χ1) is 15.0. The van der Waals surface area contributed by atoms with E-state index in [1.165, 1.54) is 6.07 Å². The van der Waals surface area contributed by atoms with E-state index in [1.54, 1.807) is 19.1 Å². The minimum Gasteiger partial charge on any atom is -0.462 e. The van der Waals surface area contributed by atoms with Crippen LogP contribution in [0.25, 0.3) is 22.3 Å². The van der Waals surface area contributed by atoms with Gasteiger partial charge < -0.3 is 9.84 Å². The Morgan fingerprint density at radius 2 is 1.61 bits per heavy atom. The zero-order valence-corrected chi connectivity index (χ0v) is 17.7. The van der Waals surface area contributed by atoms with Gasteiger partial charge in [0.25, 0.3) is 0 Å². The van der Waals surface area contributed by atoms with Crippen LogP contribution >= 0.6 is 0 Å². The second-order valence-electron chi connectivity index (χ2n) is 7.53. The van der Waals surface area contributed by atoms with Gasteiger partial charge in [-0.05, 0) is 60.1 Å². The van der Waals surface area contributed by atoms with Gasteiger partial charge in [-0.25, -0.2) is 9.18 Å². The van der Waals surface area contributed by atoms with Crippen LogP contribution in [0.5, 0.6) is 0 Å². The summed E-state index contributed by atoms with van der Waals surface area (Å²) in [7, 11) is 0. The highest BCUT2D eigenvalue weighted by Crippen LogP contribution is 2.28. The van der Waals surface area contributed by atoms with Gasteiger partial charge >= 0.3 is 5.97 Å². The van der Waals surface area contributed by atoms with E-state index in [0.717, 1.165) is 34.2 Å². The maximum absolute atomic E-state index is 14.1. The Kier molecular flexibility index (Phi) is 7.74. The van der Waals surface area contributed by atoms with Crippen molar-refractivity contribution in [1.82, 2.24) is 0 Å². The molecule has 0 spiro atoms. The van der Waals surface area contributed by atoms with Crippen molar-refractivity contribution in [1.29, 1.82) is 0 Å². The molecule has 3 nitrogen and oxygen atoms in total. The number of halogens is 1. The molecule has 0 atom stereocenters. The smallest absolute Gasteiger partial charge is 0.333 e. The molecule has 0 fully saturated rings. The van der Waals surface area contributed by atoms with Gasteiger partial charge in [-0.3, -0.25) is 0 Å². The molecule has 0 heterocycles. The molecule has 1 N–H and O–H groups in total. The molecule has 3 aromatic carbocycles. The molecule has 0 unspecified atom stereocenters. The summed E-state index contributed by atoms with van der Waals surface area (Å²) >= 11 is 0. The van der Waals surface area contributed by atoms with Crippen LogP contribution in [0.3, 0.4) is 0 Å². The average Bonchev–Trinajstić information content (AvgIpc) is 2.78. The number of hydrogen-bond donors (Lipinski definition) is 1. The van der Waals surface area contributed by atoms with E-state index in [9.17, 15) is 14.3 Å². The molecule has 0 saturated carbocycles. The van der Waals surface area contributed by atoms with Crippen molar-refractivity contribution in [3.8, 4) is 22.3 Å². The third kappa shape index (κ3) is 5.89. The Morgan fingerprint density at radius 3 is 2.29 bits per heavy atom. The monoisotopic (exact) mass is 418 g/mol. The maximum atomic E-state index is 14.1. The number of carbonyl (C=O) groups is 1. The van der Waals surface area contributed by atoms with Crippen molar-refractivity contribution >= 4 is 5.97 Å². The van der Waals surface area contributed by atoms with Crippen LogP contribution < -0.4 is 0 Å². The Morgan fingerprint density at radius 1 is 0.935 bits per heavy atom. The molecular formula is C27H27FO3. The molecule has 0 radical (unpaired) electrons. The lowest BCUT2D eigenvalue weighted by Crippen LogP contribution is -2.07. The highest BCUT2D eigenvalue weighted by Gasteiger charge is 2.09. The second-order valence-corrected chi connectivity index (χ2v) is 7.53. The van der Waals surface area contributed by atoms with Gasteiger partial charge in [0.15, 0.2) is 0 Å². The molecule has 31 heavy (non-hydrogen) atoms. The minimum atomic E-state index is -0.376. The molecule has 0 aliphatic carbocycles. The number of rotatable bonds is 9. The summed E-state index contributed by atoms with van der Waals surface area (Å²) < 4.78 is 19.2. The van der Waals surface area contributed by atoms with Gasteiger partial charge in [-0.2, -0.15) is 0 Å². The summed E-state index contributed by atoms with van der Waals surface area (Å²) in [6.07, 6.45) is 2.00. The normalized spacial score (nSPS) is 10.7. The predicted molar refractivity (Wildman–Crippen MR) is 122 cm³/mol. The van der Waals surface area contributed by atoms with Crippen LogP contribution in [0, 0.1) is 5.82 Å². The first-order valence-corrected chi connectivity index (χ1v) is 10.4. The minimum absolute atomic E-state index is 0.0777. The molecule has 0 aromatic heterocycles. The fraction of sp³-hybridized carbons (Fsp3) is 0.222. The quantitative estimate of drug-likeness (QED) is 0.274. The fourth-order valence-electron chi connectivity index (χ4n) is 3.49. The Hall–Kier alpha value is -3.24. The van der Waals surface area contributed by atoms with Crippen LogP contribution in [0.2, 0.25) is 0 Å². The van der Waals surface area contributed by atoms with Gasteiger partial charge in [0, 0.05) is 17.7 Å². The number of benzene rings is 3. The van der Waals surface area contributed by atoms with Crippen molar-refractivity contribution < 1.29 is 19.0 Å². The molecule has 0 amide bonds. The van der Waals surface area contributed by atoms with Crippen LogP contribution in [-0.4, -0.2) is 24.3 Å². The zero-order valence-electron chi connectivity index (χ0n) is 17.7. The number of carbonyl (C=O) groups excluding carboxylic acids is 1. The number of aliphatic hydroxyl groups is 1. The van der Waals surface area contributed by atoms with E-state index in [1.807, 2.05) is 42.5 Å². The lowest BCUT2D eigenvalue weighted by molar-refractivity contribution is -0.139. The van der Waals surface area contributed by atoms with E-state index >= 15 is 0 Å². The summed E-state index contributed by atoms with van der Waals surface area (Å²) in [5.74, 6) is -0.613. The summed E-state index contributed by atoms with van der Waals surface area (Å²) in [5.41, 5.74) is 6.09. The van der Waals surface area contributed by atoms with E-state index in [0.29, 0.717) is 30.6 Å². The fourth-order valence-corrected chi connectivity index (χ4v) is 3.49. The van der Waals surface area contributed by atoms with Gasteiger partial charge in [-0.1, -0.05) is 67.2 Å². The Balaban J connectivity index is 1.77. The lowest BCUT2D eigenvalue weighted by atomic mass is 9.94. The highest BCUT2D eigenvalue weighted by atomic mass is 19.1. The number of esters is 1. The Bertz CT molecular complexity index is 1050. The van der Waals surface area contributed by atoms with Crippen molar-refractivity contribution in [2.24, 2.45) is 0 Å². The van der Waals surface area contributed by atoms with Crippen molar-refractivity contribution in [2.45, 2.75) is 26.2 Å². The molecule has 160 valence electrons. The molecule has 3 aromatic rings. The van der Waals surface area contributed by atoms with Crippen molar-refractivity contribution in [3.63, 3.8) is 0 Å². The van der Waals surface area contributed by atoms with Crippen LogP contribution in [-0.2, 0) is 22.4 Å². The third-order valence-electron chi connectivity index (χ3n) is 5.16. The zero-order chi connectivity index (χ0) is 22.2. The molecule has 0 aliphatic heterocycles. The van der Waals surface area contributed by atoms with E-state index in [-0.39, 0.29) is 18.4 Å². The van der Waals surface area contributed by atoms with E-state index in [2.05, 4.69) is 12.6 Å². The number of ether oxygens (including phenoxy) is 1. The topological polar surface area (TPSA) is 46.5 Å². The van der Waals surface area contributed by atoms with Crippen LogP contribution in [0.1, 0.15) is 24.5 Å². The SMILES string of the molecule is C=C(C)C(=O)OCCCc1cc(-c2ccc(-c3ccccc3F)cc2)ccc1CCO. The van der Waals surface area contributed by atoms with Gasteiger partial charge in [-0.15, -0.1) is 0 Å². The molecule has 4 heteroatoms. The molecule has 3 rings (SSSR count). The van der Waals surface area contributed by atoms with Crippen LogP contribution in [0.4, 0.5) is 4.39 Å². The largest absolute Gasteiger partial charge is 0.462 e. The second kappa shape index (κ2) is 10.7. The molecule has 0 bridgehead atoms. The molecular weight excluding hydrogens is 391 g/mol. The third-order valence-corrected chi connectivity index (χ3v) is 5.16. The highest BCUT2D eigenvalue weighted by molar-refractivity contribution is 5.86. The number of hydrogen-bond acceptors (Lipinski definition) is 3. The van der Waals surface area contributed by atoms with Gasteiger partial charge in [0.2, 0.25) is 0 Å². The molecule has 0 aliphatic rings. The molecule has 0 saturated heterocycles. The first-order valence-electron chi connectivity index (χ1n) is 10.4.